The lowest BCUT2D eigenvalue weighted by Gasteiger charge is -2.51. The molecule has 2 rings (SSSR count). The summed E-state index contributed by atoms with van der Waals surface area (Å²) in [7, 11) is 0. The van der Waals surface area contributed by atoms with Crippen molar-refractivity contribution < 1.29 is 4.39 Å². The van der Waals surface area contributed by atoms with Crippen molar-refractivity contribution >= 4 is 11.6 Å². The van der Waals surface area contributed by atoms with E-state index in [2.05, 4.69) is 37.9 Å². The quantitative estimate of drug-likeness (QED) is 0.912. The van der Waals surface area contributed by atoms with Crippen molar-refractivity contribution in [3.8, 4) is 0 Å². The Hall–Kier alpha value is -0.640. The number of halogens is 2. The van der Waals surface area contributed by atoms with E-state index >= 15 is 0 Å². The van der Waals surface area contributed by atoms with Crippen molar-refractivity contribution in [2.45, 2.75) is 51.7 Å². The molecule has 0 aromatic heterocycles. The highest BCUT2D eigenvalue weighted by atomic mass is 35.5. The third-order valence-corrected chi connectivity index (χ3v) is 4.71. The fourth-order valence-electron chi connectivity index (χ4n) is 2.72. The van der Waals surface area contributed by atoms with Crippen LogP contribution in [0.2, 0.25) is 5.02 Å². The second-order valence-corrected chi connectivity index (χ2v) is 7.10. The Labute approximate surface area is 126 Å². The molecular formula is C16H24ClFN2. The van der Waals surface area contributed by atoms with Crippen LogP contribution in [-0.4, -0.2) is 29.1 Å². The summed E-state index contributed by atoms with van der Waals surface area (Å²) in [5.41, 5.74) is 1.28. The molecule has 1 aliphatic rings. The molecular weight excluding hydrogens is 275 g/mol. The number of nitrogens with one attached hydrogen (secondary N) is 1. The van der Waals surface area contributed by atoms with Crippen molar-refractivity contribution in [3.05, 3.63) is 34.6 Å². The van der Waals surface area contributed by atoms with Gasteiger partial charge in [0.05, 0.1) is 5.02 Å². The molecule has 1 aliphatic heterocycles. The number of hydrogen-bond acceptors (Lipinski definition) is 2. The van der Waals surface area contributed by atoms with Gasteiger partial charge in [-0.05, 0) is 44.9 Å². The fourth-order valence-corrected chi connectivity index (χ4v) is 2.92. The van der Waals surface area contributed by atoms with Gasteiger partial charge < -0.3 is 5.32 Å². The van der Waals surface area contributed by atoms with Gasteiger partial charge in [0, 0.05) is 30.7 Å². The van der Waals surface area contributed by atoms with Gasteiger partial charge in [0.25, 0.3) is 0 Å². The maximum atomic E-state index is 13.3. The minimum absolute atomic E-state index is 0.0957. The summed E-state index contributed by atoms with van der Waals surface area (Å²) in [6.45, 7) is 11.7. The van der Waals surface area contributed by atoms with Crippen LogP contribution in [0.5, 0.6) is 0 Å². The first-order valence-electron chi connectivity index (χ1n) is 7.20. The first kappa shape index (κ1) is 15.7. The van der Waals surface area contributed by atoms with Gasteiger partial charge in [0.15, 0.2) is 0 Å². The molecule has 1 aromatic rings. The first-order chi connectivity index (χ1) is 9.26. The third-order valence-electron chi connectivity index (χ3n) is 4.42. The van der Waals surface area contributed by atoms with E-state index in [-0.39, 0.29) is 21.9 Å². The highest BCUT2D eigenvalue weighted by Crippen LogP contribution is 2.29. The molecule has 1 aromatic carbocycles. The molecule has 2 nitrogen and oxygen atoms in total. The number of piperazine rings is 1. The first-order valence-corrected chi connectivity index (χ1v) is 7.57. The summed E-state index contributed by atoms with van der Waals surface area (Å²) >= 11 is 5.89. The molecule has 4 heteroatoms. The van der Waals surface area contributed by atoms with Crippen LogP contribution in [0.4, 0.5) is 4.39 Å². The average molecular weight is 299 g/mol. The standard InChI is InChI=1S/C16H24ClFN2/c1-5-16(4)10-19-15(2,3)11-20(16)9-12-6-7-14(18)13(17)8-12/h6-8,19H,5,9-11H2,1-4H3. The molecule has 1 heterocycles. The van der Waals surface area contributed by atoms with Gasteiger partial charge in [-0.1, -0.05) is 24.6 Å². The number of hydrogen-bond donors (Lipinski definition) is 1. The molecule has 0 radical (unpaired) electrons. The van der Waals surface area contributed by atoms with Gasteiger partial charge in [-0.3, -0.25) is 4.90 Å². The maximum Gasteiger partial charge on any atom is 0.141 e. The van der Waals surface area contributed by atoms with Crippen LogP contribution in [0.1, 0.15) is 39.7 Å². The van der Waals surface area contributed by atoms with Crippen molar-refractivity contribution in [2.75, 3.05) is 13.1 Å². The molecule has 0 bridgehead atoms. The second kappa shape index (κ2) is 5.63. The fraction of sp³-hybridized carbons (Fsp3) is 0.625. The minimum atomic E-state index is -0.352. The van der Waals surface area contributed by atoms with Crippen LogP contribution in [-0.2, 0) is 6.54 Å². The van der Waals surface area contributed by atoms with E-state index < -0.39 is 0 Å². The van der Waals surface area contributed by atoms with Gasteiger partial charge in [-0.25, -0.2) is 4.39 Å². The molecule has 0 saturated carbocycles. The smallest absolute Gasteiger partial charge is 0.141 e. The summed E-state index contributed by atoms with van der Waals surface area (Å²) in [4.78, 5) is 2.48. The topological polar surface area (TPSA) is 15.3 Å². The van der Waals surface area contributed by atoms with Crippen LogP contribution >= 0.6 is 11.6 Å². The van der Waals surface area contributed by atoms with Gasteiger partial charge in [-0.2, -0.15) is 0 Å². The summed E-state index contributed by atoms with van der Waals surface area (Å²) in [5.74, 6) is -0.352. The Morgan fingerprint density at radius 1 is 1.35 bits per heavy atom. The zero-order chi connectivity index (χ0) is 15.0. The molecule has 1 N–H and O–H groups in total. The molecule has 1 unspecified atom stereocenters. The molecule has 20 heavy (non-hydrogen) atoms. The molecule has 0 amide bonds. The van der Waals surface area contributed by atoms with E-state index in [4.69, 9.17) is 11.6 Å². The van der Waals surface area contributed by atoms with Crippen molar-refractivity contribution in [2.24, 2.45) is 0 Å². The lowest BCUT2D eigenvalue weighted by Crippen LogP contribution is -2.66. The van der Waals surface area contributed by atoms with Gasteiger partial charge in [0.2, 0.25) is 0 Å². The van der Waals surface area contributed by atoms with E-state index in [1.807, 2.05) is 6.07 Å². The Morgan fingerprint density at radius 2 is 2.05 bits per heavy atom. The normalized spacial score (nSPS) is 26.7. The zero-order valence-electron chi connectivity index (χ0n) is 12.8. The molecule has 0 aliphatic carbocycles. The zero-order valence-corrected chi connectivity index (χ0v) is 13.5. The van der Waals surface area contributed by atoms with Crippen LogP contribution in [0.15, 0.2) is 18.2 Å². The van der Waals surface area contributed by atoms with E-state index in [1.54, 1.807) is 6.07 Å². The van der Waals surface area contributed by atoms with Gasteiger partial charge in [0.1, 0.15) is 5.82 Å². The van der Waals surface area contributed by atoms with E-state index in [0.29, 0.717) is 0 Å². The molecule has 1 fully saturated rings. The lowest BCUT2D eigenvalue weighted by atomic mass is 9.87. The van der Waals surface area contributed by atoms with Crippen LogP contribution in [0, 0.1) is 5.82 Å². The SMILES string of the molecule is CCC1(C)CNC(C)(C)CN1Cc1ccc(F)c(Cl)c1. The van der Waals surface area contributed by atoms with Crippen LogP contribution < -0.4 is 5.32 Å². The van der Waals surface area contributed by atoms with Crippen LogP contribution in [0.3, 0.4) is 0 Å². The Kier molecular flexibility index (Phi) is 4.43. The highest BCUT2D eigenvalue weighted by Gasteiger charge is 2.39. The van der Waals surface area contributed by atoms with Crippen molar-refractivity contribution in [1.29, 1.82) is 0 Å². The summed E-state index contributed by atoms with van der Waals surface area (Å²) in [5, 5.41) is 3.81. The summed E-state index contributed by atoms with van der Waals surface area (Å²) in [6.07, 6.45) is 1.07. The average Bonchev–Trinajstić information content (AvgIpc) is 2.38. The van der Waals surface area contributed by atoms with Gasteiger partial charge >= 0.3 is 0 Å². The van der Waals surface area contributed by atoms with E-state index in [9.17, 15) is 4.39 Å². The molecule has 0 spiro atoms. The summed E-state index contributed by atoms with van der Waals surface area (Å²) in [6, 6.07) is 5.02. The highest BCUT2D eigenvalue weighted by molar-refractivity contribution is 6.30. The predicted molar refractivity (Wildman–Crippen MR) is 82.6 cm³/mol. The van der Waals surface area contributed by atoms with Crippen molar-refractivity contribution in [1.82, 2.24) is 10.2 Å². The molecule has 1 saturated heterocycles. The van der Waals surface area contributed by atoms with E-state index in [1.165, 1.54) is 6.07 Å². The second-order valence-electron chi connectivity index (χ2n) is 6.69. The lowest BCUT2D eigenvalue weighted by molar-refractivity contribution is 0.0175. The van der Waals surface area contributed by atoms with Crippen molar-refractivity contribution in [3.63, 3.8) is 0 Å². The number of benzene rings is 1. The molecule has 1 atom stereocenters. The Morgan fingerprint density at radius 3 is 2.65 bits per heavy atom. The monoisotopic (exact) mass is 298 g/mol. The van der Waals surface area contributed by atoms with E-state index in [0.717, 1.165) is 31.6 Å². The number of rotatable bonds is 3. The molecule has 112 valence electrons. The predicted octanol–water partition coefficient (Wildman–Crippen LogP) is 3.83. The third kappa shape index (κ3) is 3.33. The largest absolute Gasteiger partial charge is 0.309 e. The minimum Gasteiger partial charge on any atom is -0.309 e. The Balaban J connectivity index is 2.21. The number of nitrogens with zero attached hydrogens (tertiary/aromatic N) is 1. The Bertz CT molecular complexity index is 489. The maximum absolute atomic E-state index is 13.3. The summed E-state index contributed by atoms with van der Waals surface area (Å²) < 4.78 is 13.3. The van der Waals surface area contributed by atoms with Crippen LogP contribution in [0.25, 0.3) is 0 Å². The van der Waals surface area contributed by atoms with Gasteiger partial charge in [-0.15, -0.1) is 0 Å².